The van der Waals surface area contributed by atoms with Crippen molar-refractivity contribution in [3.8, 4) is 5.75 Å². The van der Waals surface area contributed by atoms with Gasteiger partial charge < -0.3 is 39.2 Å². The van der Waals surface area contributed by atoms with Crippen LogP contribution in [-0.4, -0.2) is 73.7 Å². The van der Waals surface area contributed by atoms with Crippen molar-refractivity contribution < 1.29 is 23.8 Å². The zero-order valence-corrected chi connectivity index (χ0v) is 24.8. The van der Waals surface area contributed by atoms with Crippen molar-refractivity contribution in [1.82, 2.24) is 9.47 Å². The second kappa shape index (κ2) is 11.6. The molecule has 0 radical (unpaired) electrons. The topological polar surface area (TPSA) is 114 Å². The molecule has 44 heavy (non-hydrogen) atoms. The summed E-state index contributed by atoms with van der Waals surface area (Å²) in [6.07, 6.45) is 2.28. The molecule has 230 valence electrons. The van der Waals surface area contributed by atoms with E-state index in [1.54, 1.807) is 37.4 Å². The van der Waals surface area contributed by atoms with Gasteiger partial charge in [0.1, 0.15) is 5.75 Å². The van der Waals surface area contributed by atoms with Crippen molar-refractivity contribution >= 4 is 29.0 Å². The smallest absolute Gasteiger partial charge is 0.323 e. The number of pyridine rings is 1. The van der Waals surface area contributed by atoms with Gasteiger partial charge in [0.2, 0.25) is 0 Å². The third-order valence-electron chi connectivity index (χ3n) is 9.27. The largest absolute Gasteiger partial charge is 0.497 e. The van der Waals surface area contributed by atoms with Crippen LogP contribution in [0, 0.1) is 5.92 Å². The van der Waals surface area contributed by atoms with Crippen LogP contribution in [0.3, 0.4) is 0 Å². The third kappa shape index (κ3) is 5.53. The van der Waals surface area contributed by atoms with Gasteiger partial charge in [-0.2, -0.15) is 0 Å². The second-order valence-corrected chi connectivity index (χ2v) is 12.0. The van der Waals surface area contributed by atoms with Gasteiger partial charge in [-0.1, -0.05) is 12.1 Å². The minimum atomic E-state index is -0.568. The number of carbonyl (C=O) groups is 2. The van der Waals surface area contributed by atoms with Gasteiger partial charge in [0.15, 0.2) is 5.79 Å². The molecule has 2 atom stereocenters. The number of aromatic nitrogens is 1. The Balaban J connectivity index is 1.15. The van der Waals surface area contributed by atoms with E-state index in [1.807, 2.05) is 39.8 Å². The van der Waals surface area contributed by atoms with Crippen molar-refractivity contribution in [1.29, 1.82) is 0 Å². The number of piperidine rings is 2. The van der Waals surface area contributed by atoms with Crippen LogP contribution in [0.4, 0.5) is 21.9 Å². The summed E-state index contributed by atoms with van der Waals surface area (Å²) in [6.45, 7) is 4.35. The molecule has 3 saturated heterocycles. The van der Waals surface area contributed by atoms with Gasteiger partial charge >= 0.3 is 6.03 Å². The lowest BCUT2D eigenvalue weighted by Crippen LogP contribution is -2.47. The third-order valence-corrected chi connectivity index (χ3v) is 9.27. The van der Waals surface area contributed by atoms with Gasteiger partial charge in [0, 0.05) is 80.6 Å². The Morgan fingerprint density at radius 3 is 2.52 bits per heavy atom. The van der Waals surface area contributed by atoms with Crippen molar-refractivity contribution in [2.75, 3.05) is 62.0 Å². The Bertz CT molecular complexity index is 1620. The quantitative estimate of drug-likeness (QED) is 0.454. The lowest BCUT2D eigenvalue weighted by atomic mass is 9.83. The fourth-order valence-corrected chi connectivity index (χ4v) is 7.14. The number of methoxy groups -OCH3 is 1. The Morgan fingerprint density at radius 2 is 1.73 bits per heavy atom. The number of fused-ring (bicyclic) bond motifs is 4. The normalized spacial score (nSPS) is 21.9. The Kier molecular flexibility index (Phi) is 7.51. The van der Waals surface area contributed by atoms with Gasteiger partial charge in [0.05, 0.1) is 31.7 Å². The first-order chi connectivity index (χ1) is 21.4. The Labute approximate surface area is 255 Å². The highest BCUT2D eigenvalue weighted by atomic mass is 16.7. The number of anilines is 3. The van der Waals surface area contributed by atoms with Crippen LogP contribution in [0.15, 0.2) is 65.5 Å². The van der Waals surface area contributed by atoms with E-state index in [1.165, 1.54) is 0 Å². The molecule has 2 aromatic carbocycles. The summed E-state index contributed by atoms with van der Waals surface area (Å²) in [5, 5.41) is 5.91. The van der Waals surface area contributed by atoms with Crippen LogP contribution >= 0.6 is 0 Å². The first kappa shape index (κ1) is 28.4. The predicted octanol–water partition coefficient (Wildman–Crippen LogP) is 4.10. The summed E-state index contributed by atoms with van der Waals surface area (Å²) >= 11 is 0. The van der Waals surface area contributed by atoms with Crippen molar-refractivity contribution in [3.63, 3.8) is 0 Å². The Morgan fingerprint density at radius 1 is 0.932 bits per heavy atom. The zero-order chi connectivity index (χ0) is 30.3. The van der Waals surface area contributed by atoms with Gasteiger partial charge in [-0.25, -0.2) is 4.79 Å². The highest BCUT2D eigenvalue weighted by Gasteiger charge is 2.41. The van der Waals surface area contributed by atoms with Crippen LogP contribution < -0.4 is 25.8 Å². The molecule has 2 N–H and O–H groups in total. The molecular weight excluding hydrogens is 562 g/mol. The lowest BCUT2D eigenvalue weighted by Gasteiger charge is -2.44. The van der Waals surface area contributed by atoms with E-state index in [4.69, 9.17) is 14.2 Å². The molecule has 11 heteroatoms. The van der Waals surface area contributed by atoms with E-state index in [0.29, 0.717) is 80.8 Å². The fraction of sp³-hybridized carbons (Fsp3) is 0.424. The van der Waals surface area contributed by atoms with E-state index in [9.17, 15) is 14.4 Å². The first-order valence-corrected chi connectivity index (χ1v) is 15.3. The SMILES string of the molecule is COc1cccc(NC(=O)Nc2cc(C(=O)N3CCC4(CC3)OCCO4)ccc2N2C[C@H]3C[C@@H](C2)c2cccc(=O)n2C3)c1. The molecule has 1 aromatic heterocycles. The molecule has 1 spiro atoms. The number of ether oxygens (including phenoxy) is 3. The average Bonchev–Trinajstić information content (AvgIpc) is 3.49. The summed E-state index contributed by atoms with van der Waals surface area (Å²) in [5.41, 5.74) is 3.58. The van der Waals surface area contributed by atoms with E-state index >= 15 is 0 Å². The van der Waals surface area contributed by atoms with Gasteiger partial charge in [-0.3, -0.25) is 9.59 Å². The first-order valence-electron chi connectivity index (χ1n) is 15.3. The maximum absolute atomic E-state index is 13.7. The number of urea groups is 1. The van der Waals surface area contributed by atoms with Gasteiger partial charge in [-0.15, -0.1) is 0 Å². The lowest BCUT2D eigenvalue weighted by molar-refractivity contribution is -0.181. The number of likely N-dealkylation sites (tertiary alicyclic amines) is 1. The Hall–Kier alpha value is -4.35. The molecule has 0 unspecified atom stereocenters. The number of nitrogens with one attached hydrogen (secondary N) is 2. The zero-order valence-electron chi connectivity index (χ0n) is 24.8. The molecular formula is C33H37N5O6. The molecule has 3 amide bonds. The van der Waals surface area contributed by atoms with Crippen LogP contribution in [0.25, 0.3) is 0 Å². The maximum Gasteiger partial charge on any atom is 0.323 e. The molecule has 4 aliphatic rings. The number of benzene rings is 2. The molecule has 0 saturated carbocycles. The molecule has 4 aliphatic heterocycles. The highest BCUT2D eigenvalue weighted by molar-refractivity contribution is 6.04. The van der Waals surface area contributed by atoms with Crippen molar-refractivity contribution in [2.24, 2.45) is 5.92 Å². The summed E-state index contributed by atoms with van der Waals surface area (Å²) in [7, 11) is 1.58. The average molecular weight is 600 g/mol. The molecule has 3 aromatic rings. The number of rotatable bonds is 5. The summed E-state index contributed by atoms with van der Waals surface area (Å²) in [4.78, 5) is 43.6. The van der Waals surface area contributed by atoms with Crippen LogP contribution in [0.5, 0.6) is 5.75 Å². The second-order valence-electron chi connectivity index (χ2n) is 12.0. The number of nitrogens with zero attached hydrogens (tertiary/aromatic N) is 3. The van der Waals surface area contributed by atoms with Gasteiger partial charge in [0.25, 0.3) is 11.5 Å². The molecule has 2 bridgehead atoms. The van der Waals surface area contributed by atoms with Crippen LogP contribution in [0.1, 0.15) is 41.2 Å². The van der Waals surface area contributed by atoms with E-state index in [-0.39, 0.29) is 17.4 Å². The predicted molar refractivity (Wildman–Crippen MR) is 166 cm³/mol. The summed E-state index contributed by atoms with van der Waals surface area (Å²) < 4.78 is 18.9. The van der Waals surface area contributed by atoms with Crippen LogP contribution in [0.2, 0.25) is 0 Å². The van der Waals surface area contributed by atoms with Crippen molar-refractivity contribution in [2.45, 2.75) is 37.5 Å². The highest BCUT2D eigenvalue weighted by Crippen LogP contribution is 2.40. The number of amides is 3. The number of hydrogen-bond donors (Lipinski definition) is 2. The molecule has 5 heterocycles. The van der Waals surface area contributed by atoms with Gasteiger partial charge in [-0.05, 0) is 48.7 Å². The number of carbonyl (C=O) groups excluding carboxylic acids is 2. The van der Waals surface area contributed by atoms with Crippen molar-refractivity contribution in [3.05, 3.63) is 82.3 Å². The molecule has 0 aliphatic carbocycles. The molecule has 7 rings (SSSR count). The number of hydrogen-bond acceptors (Lipinski definition) is 7. The maximum atomic E-state index is 13.7. The standard InChI is InChI=1S/C33H37N5O6/c1-42-26-5-2-4-25(18-26)34-32(41)35-27-17-23(31(40)36-12-10-33(11-13-36)43-14-15-44-33)8-9-29(27)37-19-22-16-24(21-37)28-6-3-7-30(39)38(28)20-22/h2-9,17-18,22,24H,10-16,19-21H2,1H3,(H2,34,35,41)/t22-,24+/m1/s1. The molecule has 3 fully saturated rings. The summed E-state index contributed by atoms with van der Waals surface area (Å²) in [5.74, 6) is 0.456. The minimum Gasteiger partial charge on any atom is -0.497 e. The fourth-order valence-electron chi connectivity index (χ4n) is 7.14. The van der Waals surface area contributed by atoms with Crippen LogP contribution in [-0.2, 0) is 16.0 Å². The summed E-state index contributed by atoms with van der Waals surface area (Å²) in [6, 6.07) is 17.8. The minimum absolute atomic E-state index is 0.0415. The van der Waals surface area contributed by atoms with E-state index in [2.05, 4.69) is 15.5 Å². The monoisotopic (exact) mass is 599 g/mol. The molecule has 11 nitrogen and oxygen atoms in total. The van der Waals surface area contributed by atoms with E-state index in [0.717, 1.165) is 24.3 Å². The van der Waals surface area contributed by atoms with E-state index < -0.39 is 11.8 Å².